The molecule has 3 heterocycles. The second kappa shape index (κ2) is 4.16. The highest BCUT2D eigenvalue weighted by molar-refractivity contribution is 5.72. The summed E-state index contributed by atoms with van der Waals surface area (Å²) in [6.07, 6.45) is 2.64. The lowest BCUT2D eigenvalue weighted by molar-refractivity contribution is 0.368. The van der Waals surface area contributed by atoms with Crippen LogP contribution in [0.5, 0.6) is 0 Å². The number of hydrogen-bond donors (Lipinski definition) is 0. The Bertz CT molecular complexity index is 847. The molecule has 3 aromatic heterocycles. The van der Waals surface area contributed by atoms with Crippen molar-refractivity contribution in [3.05, 3.63) is 51.4 Å². The molecule has 0 aromatic carbocycles. The third-order valence-corrected chi connectivity index (χ3v) is 2.80. The van der Waals surface area contributed by atoms with Crippen LogP contribution in [0, 0.1) is 0 Å². The van der Waals surface area contributed by atoms with Gasteiger partial charge in [0.15, 0.2) is 6.33 Å². The predicted molar refractivity (Wildman–Crippen MR) is 64.6 cm³/mol. The summed E-state index contributed by atoms with van der Waals surface area (Å²) >= 11 is 0. The van der Waals surface area contributed by atoms with Crippen LogP contribution < -0.4 is 11.1 Å². The normalized spacial score (nSPS) is 11.0. The standard InChI is InChI=1S/C11H9N5O3/c1-15-9(17)3-2-7-10(15)11(18)16(6-13-7)4-8-12-5-14-19-8/h2-3,5-6H,4H2,1H3. The SMILES string of the molecule is Cn1c(=O)ccc2ncn(Cc3ncno3)c(=O)c21. The van der Waals surface area contributed by atoms with Gasteiger partial charge in [0, 0.05) is 13.1 Å². The molecule has 0 saturated carbocycles. The minimum absolute atomic E-state index is 0.116. The van der Waals surface area contributed by atoms with Crippen LogP contribution in [-0.4, -0.2) is 24.3 Å². The van der Waals surface area contributed by atoms with E-state index >= 15 is 0 Å². The van der Waals surface area contributed by atoms with Crippen LogP contribution in [0.4, 0.5) is 0 Å². The summed E-state index contributed by atoms with van der Waals surface area (Å²) in [5.74, 6) is 0.296. The lowest BCUT2D eigenvalue weighted by Gasteiger charge is -2.06. The van der Waals surface area contributed by atoms with Crippen molar-refractivity contribution in [1.82, 2.24) is 24.3 Å². The van der Waals surface area contributed by atoms with E-state index < -0.39 is 0 Å². The molecule has 0 aliphatic carbocycles. The van der Waals surface area contributed by atoms with Crippen LogP contribution in [0.15, 0.2) is 38.9 Å². The fourth-order valence-corrected chi connectivity index (χ4v) is 1.82. The second-order valence-electron chi connectivity index (χ2n) is 3.98. The third-order valence-electron chi connectivity index (χ3n) is 2.80. The van der Waals surface area contributed by atoms with Crippen molar-refractivity contribution in [3.63, 3.8) is 0 Å². The molecule has 0 bridgehead atoms. The van der Waals surface area contributed by atoms with Crippen LogP contribution in [0.25, 0.3) is 11.0 Å². The lowest BCUT2D eigenvalue weighted by atomic mass is 10.3. The Labute approximate surface area is 105 Å². The molecule has 0 unspecified atom stereocenters. The molecule has 96 valence electrons. The minimum Gasteiger partial charge on any atom is -0.338 e. The molecule has 0 amide bonds. The maximum absolute atomic E-state index is 12.3. The van der Waals surface area contributed by atoms with Crippen LogP contribution in [0.1, 0.15) is 5.89 Å². The zero-order valence-electron chi connectivity index (χ0n) is 9.98. The number of nitrogens with zero attached hydrogens (tertiary/aromatic N) is 5. The van der Waals surface area contributed by atoms with E-state index in [1.54, 1.807) is 0 Å². The summed E-state index contributed by atoms with van der Waals surface area (Å²) in [6, 6.07) is 2.90. The van der Waals surface area contributed by atoms with E-state index in [2.05, 4.69) is 15.1 Å². The topological polar surface area (TPSA) is 95.8 Å². The van der Waals surface area contributed by atoms with E-state index in [1.165, 1.54) is 41.0 Å². The zero-order valence-corrected chi connectivity index (χ0v) is 9.98. The van der Waals surface area contributed by atoms with Crippen LogP contribution in [0.3, 0.4) is 0 Å². The van der Waals surface area contributed by atoms with Crippen molar-refractivity contribution >= 4 is 11.0 Å². The highest BCUT2D eigenvalue weighted by atomic mass is 16.5. The van der Waals surface area contributed by atoms with Crippen molar-refractivity contribution in [2.45, 2.75) is 6.54 Å². The van der Waals surface area contributed by atoms with Crippen molar-refractivity contribution in [3.8, 4) is 0 Å². The number of pyridine rings is 1. The number of rotatable bonds is 2. The molecule has 0 aliphatic heterocycles. The lowest BCUT2D eigenvalue weighted by Crippen LogP contribution is -2.28. The molecule has 0 fully saturated rings. The average Bonchev–Trinajstić information content (AvgIpc) is 2.90. The van der Waals surface area contributed by atoms with E-state index in [9.17, 15) is 9.59 Å². The molecule has 0 aliphatic rings. The van der Waals surface area contributed by atoms with Gasteiger partial charge < -0.3 is 9.09 Å². The van der Waals surface area contributed by atoms with Crippen LogP contribution in [-0.2, 0) is 13.6 Å². The highest BCUT2D eigenvalue weighted by Gasteiger charge is 2.10. The van der Waals surface area contributed by atoms with Gasteiger partial charge in [0.1, 0.15) is 12.1 Å². The summed E-state index contributed by atoms with van der Waals surface area (Å²) in [7, 11) is 1.53. The molecule has 0 N–H and O–H groups in total. The first-order chi connectivity index (χ1) is 9.16. The molecular weight excluding hydrogens is 250 g/mol. The van der Waals surface area contributed by atoms with Crippen molar-refractivity contribution in [2.75, 3.05) is 0 Å². The van der Waals surface area contributed by atoms with Crippen LogP contribution in [0.2, 0.25) is 0 Å². The summed E-state index contributed by atoms with van der Waals surface area (Å²) in [5.41, 5.74) is 0.119. The van der Waals surface area contributed by atoms with Crippen molar-refractivity contribution in [2.24, 2.45) is 7.05 Å². The molecule has 0 saturated heterocycles. The molecule has 0 radical (unpaired) electrons. The van der Waals surface area contributed by atoms with Gasteiger partial charge in [-0.2, -0.15) is 4.98 Å². The molecule has 3 rings (SSSR count). The van der Waals surface area contributed by atoms with Gasteiger partial charge in [0.05, 0.1) is 11.8 Å². The first-order valence-electron chi connectivity index (χ1n) is 5.47. The monoisotopic (exact) mass is 259 g/mol. The predicted octanol–water partition coefficient (Wildman–Crippen LogP) is -0.474. The second-order valence-corrected chi connectivity index (χ2v) is 3.98. The molecule has 8 heteroatoms. The Hall–Kier alpha value is -2.77. The van der Waals surface area contributed by atoms with Crippen molar-refractivity contribution < 1.29 is 4.52 Å². The average molecular weight is 259 g/mol. The summed E-state index contributed by atoms with van der Waals surface area (Å²) < 4.78 is 7.43. The largest absolute Gasteiger partial charge is 0.338 e. The summed E-state index contributed by atoms with van der Waals surface area (Å²) in [4.78, 5) is 31.8. The first kappa shape index (κ1) is 11.3. The van der Waals surface area contributed by atoms with Gasteiger partial charge in [-0.3, -0.25) is 14.2 Å². The molecule has 0 atom stereocenters. The van der Waals surface area contributed by atoms with Gasteiger partial charge in [0.2, 0.25) is 5.89 Å². The molecule has 8 nitrogen and oxygen atoms in total. The van der Waals surface area contributed by atoms with Gasteiger partial charge in [-0.25, -0.2) is 4.98 Å². The number of aryl methyl sites for hydroxylation is 1. The Morgan fingerprint density at radius 2 is 2.11 bits per heavy atom. The third kappa shape index (κ3) is 1.82. The number of hydrogen-bond acceptors (Lipinski definition) is 6. The van der Waals surface area contributed by atoms with Gasteiger partial charge >= 0.3 is 0 Å². The Morgan fingerprint density at radius 3 is 2.84 bits per heavy atom. The molecule has 19 heavy (non-hydrogen) atoms. The maximum Gasteiger partial charge on any atom is 0.278 e. The first-order valence-corrected chi connectivity index (χ1v) is 5.47. The molecular formula is C11H9N5O3. The fourth-order valence-electron chi connectivity index (χ4n) is 1.82. The summed E-state index contributed by atoms with van der Waals surface area (Å²) in [5, 5.41) is 3.46. The Morgan fingerprint density at radius 1 is 1.26 bits per heavy atom. The Kier molecular flexibility index (Phi) is 2.48. The summed E-state index contributed by atoms with van der Waals surface area (Å²) in [6.45, 7) is 0.116. The molecule has 0 spiro atoms. The van der Waals surface area contributed by atoms with E-state index in [-0.39, 0.29) is 23.2 Å². The van der Waals surface area contributed by atoms with Crippen LogP contribution >= 0.6 is 0 Å². The Balaban J connectivity index is 2.23. The maximum atomic E-state index is 12.3. The van der Waals surface area contributed by atoms with Gasteiger partial charge in [0.25, 0.3) is 11.1 Å². The zero-order chi connectivity index (χ0) is 13.4. The van der Waals surface area contributed by atoms with E-state index in [0.29, 0.717) is 11.4 Å². The van der Waals surface area contributed by atoms with Gasteiger partial charge in [-0.05, 0) is 6.07 Å². The minimum atomic E-state index is -0.330. The van der Waals surface area contributed by atoms with E-state index in [0.717, 1.165) is 0 Å². The van der Waals surface area contributed by atoms with Gasteiger partial charge in [-0.1, -0.05) is 5.16 Å². The van der Waals surface area contributed by atoms with E-state index in [4.69, 9.17) is 4.52 Å². The number of fused-ring (bicyclic) bond motifs is 1. The van der Waals surface area contributed by atoms with Crippen molar-refractivity contribution in [1.29, 1.82) is 0 Å². The fraction of sp³-hybridized carbons (Fsp3) is 0.182. The smallest absolute Gasteiger partial charge is 0.278 e. The van der Waals surface area contributed by atoms with Gasteiger partial charge in [-0.15, -0.1) is 0 Å². The molecule has 3 aromatic rings. The highest BCUT2D eigenvalue weighted by Crippen LogP contribution is 2.02. The quantitative estimate of drug-likeness (QED) is 0.617. The number of aromatic nitrogens is 5. The van der Waals surface area contributed by atoms with E-state index in [1.807, 2.05) is 0 Å².